The quantitative estimate of drug-likeness (QED) is 0.598. The first-order valence-electron chi connectivity index (χ1n) is 10.0. The Morgan fingerprint density at radius 2 is 1.93 bits per heavy atom. The monoisotopic (exact) mass is 441 g/mol. The van der Waals surface area contributed by atoms with E-state index in [4.69, 9.17) is 16.3 Å². The van der Waals surface area contributed by atoms with Crippen LogP contribution in [-0.4, -0.2) is 42.1 Å². The summed E-state index contributed by atoms with van der Waals surface area (Å²) in [7, 11) is 0. The van der Waals surface area contributed by atoms with E-state index < -0.39 is 0 Å². The molecule has 156 valence electrons. The van der Waals surface area contributed by atoms with Crippen LogP contribution in [0.3, 0.4) is 0 Å². The van der Waals surface area contributed by atoms with E-state index in [2.05, 4.69) is 27.3 Å². The molecule has 3 aromatic rings. The summed E-state index contributed by atoms with van der Waals surface area (Å²) in [6.07, 6.45) is 0.258. The molecule has 1 amide bonds. The summed E-state index contributed by atoms with van der Waals surface area (Å²) in [6, 6.07) is 16.0. The van der Waals surface area contributed by atoms with Crippen molar-refractivity contribution in [3.05, 3.63) is 75.8 Å². The molecule has 0 saturated carbocycles. The molecule has 0 bridgehead atoms. The minimum absolute atomic E-state index is 0.0374. The van der Waals surface area contributed by atoms with Gasteiger partial charge in [-0.2, -0.15) is 0 Å². The highest BCUT2D eigenvalue weighted by Gasteiger charge is 2.12. The van der Waals surface area contributed by atoms with Crippen molar-refractivity contribution in [2.75, 3.05) is 26.3 Å². The van der Waals surface area contributed by atoms with Gasteiger partial charge in [0, 0.05) is 37.1 Å². The highest BCUT2D eigenvalue weighted by Crippen LogP contribution is 2.30. The predicted molar refractivity (Wildman–Crippen MR) is 121 cm³/mol. The molecule has 4 rings (SSSR count). The van der Waals surface area contributed by atoms with Crippen molar-refractivity contribution in [1.82, 2.24) is 15.2 Å². The molecule has 5 nitrogen and oxygen atoms in total. The fourth-order valence-electron chi connectivity index (χ4n) is 3.43. The average Bonchev–Trinajstić information content (AvgIpc) is 3.22. The molecule has 1 aliphatic rings. The number of rotatable bonds is 7. The molecule has 1 saturated heterocycles. The van der Waals surface area contributed by atoms with E-state index in [1.54, 1.807) is 0 Å². The Kier molecular flexibility index (Phi) is 7.12. The first-order valence-corrected chi connectivity index (χ1v) is 11.3. The first kappa shape index (κ1) is 21.0. The van der Waals surface area contributed by atoms with Crippen molar-refractivity contribution in [3.8, 4) is 10.6 Å². The number of amides is 1. The van der Waals surface area contributed by atoms with Crippen molar-refractivity contribution in [1.29, 1.82) is 0 Å². The Hall–Kier alpha value is -2.25. The van der Waals surface area contributed by atoms with Gasteiger partial charge >= 0.3 is 0 Å². The molecule has 0 aliphatic carbocycles. The number of nitrogens with one attached hydrogen (secondary N) is 1. The third-order valence-corrected chi connectivity index (χ3v) is 6.24. The van der Waals surface area contributed by atoms with Crippen LogP contribution in [0, 0.1) is 0 Å². The smallest absolute Gasteiger partial charge is 0.226 e. The number of carbonyl (C=O) groups is 1. The normalized spacial score (nSPS) is 14.6. The molecule has 0 atom stereocenters. The van der Waals surface area contributed by atoms with Gasteiger partial charge in [-0.05, 0) is 17.2 Å². The van der Waals surface area contributed by atoms with Gasteiger partial charge < -0.3 is 10.1 Å². The number of carbonyl (C=O) groups excluding carboxylic acids is 1. The third kappa shape index (κ3) is 5.67. The summed E-state index contributed by atoms with van der Waals surface area (Å²) in [5, 5.41) is 6.42. The van der Waals surface area contributed by atoms with Crippen molar-refractivity contribution in [3.63, 3.8) is 0 Å². The summed E-state index contributed by atoms with van der Waals surface area (Å²) in [5.41, 5.74) is 4.01. The van der Waals surface area contributed by atoms with Gasteiger partial charge in [-0.25, -0.2) is 4.98 Å². The Balaban J connectivity index is 1.30. The van der Waals surface area contributed by atoms with E-state index in [1.165, 1.54) is 16.9 Å². The number of halogens is 1. The number of aromatic nitrogens is 1. The van der Waals surface area contributed by atoms with E-state index in [1.807, 2.05) is 41.8 Å². The Morgan fingerprint density at radius 1 is 1.13 bits per heavy atom. The van der Waals surface area contributed by atoms with Crippen LogP contribution < -0.4 is 5.32 Å². The topological polar surface area (TPSA) is 54.5 Å². The van der Waals surface area contributed by atoms with Gasteiger partial charge in [0.1, 0.15) is 5.01 Å². The highest BCUT2D eigenvalue weighted by atomic mass is 35.5. The molecule has 1 fully saturated rings. The highest BCUT2D eigenvalue weighted by molar-refractivity contribution is 7.13. The summed E-state index contributed by atoms with van der Waals surface area (Å²) in [4.78, 5) is 19.4. The molecule has 2 aromatic carbocycles. The van der Waals surface area contributed by atoms with Crippen LogP contribution in [0.25, 0.3) is 10.6 Å². The fourth-order valence-corrected chi connectivity index (χ4v) is 4.57. The van der Waals surface area contributed by atoms with Crippen LogP contribution in [0.2, 0.25) is 5.02 Å². The second-order valence-corrected chi connectivity index (χ2v) is 8.55. The predicted octanol–water partition coefficient (Wildman–Crippen LogP) is 4.15. The fraction of sp³-hybridized carbons (Fsp3) is 0.304. The van der Waals surface area contributed by atoms with Gasteiger partial charge in [0.2, 0.25) is 5.91 Å². The molecule has 0 spiro atoms. The summed E-state index contributed by atoms with van der Waals surface area (Å²) < 4.78 is 5.41. The molecule has 30 heavy (non-hydrogen) atoms. The molecular formula is C23H24ClN3O2S. The summed E-state index contributed by atoms with van der Waals surface area (Å²) in [5.74, 6) is -0.0374. The zero-order chi connectivity index (χ0) is 20.8. The molecule has 7 heteroatoms. The molecular weight excluding hydrogens is 418 g/mol. The van der Waals surface area contributed by atoms with Gasteiger partial charge in [-0.15, -0.1) is 11.3 Å². The molecule has 1 N–H and O–H groups in total. The van der Waals surface area contributed by atoms with Gasteiger partial charge in [-0.1, -0.05) is 54.1 Å². The average molecular weight is 442 g/mol. The number of nitrogens with zero attached hydrogens (tertiary/aromatic N) is 2. The van der Waals surface area contributed by atoms with Crippen LogP contribution in [0.1, 0.15) is 16.8 Å². The van der Waals surface area contributed by atoms with Crippen molar-refractivity contribution < 1.29 is 9.53 Å². The van der Waals surface area contributed by atoms with Crippen LogP contribution in [0.4, 0.5) is 0 Å². The Bertz CT molecular complexity index is 1000. The SMILES string of the molecule is O=C(Cc1csc(-c2ccccc2Cl)n1)NCc1cccc(CN2CCOCC2)c1. The number of morpholine rings is 1. The third-order valence-electron chi connectivity index (χ3n) is 4.99. The van der Waals surface area contributed by atoms with Crippen LogP contribution in [0.15, 0.2) is 53.9 Å². The van der Waals surface area contributed by atoms with Crippen molar-refractivity contribution in [2.45, 2.75) is 19.5 Å². The van der Waals surface area contributed by atoms with Gasteiger partial charge in [0.05, 0.1) is 30.4 Å². The van der Waals surface area contributed by atoms with E-state index in [9.17, 15) is 4.79 Å². The van der Waals surface area contributed by atoms with E-state index in [0.29, 0.717) is 11.6 Å². The maximum Gasteiger partial charge on any atom is 0.226 e. The number of hydrogen-bond acceptors (Lipinski definition) is 5. The van der Waals surface area contributed by atoms with Crippen molar-refractivity contribution in [2.24, 2.45) is 0 Å². The maximum atomic E-state index is 12.4. The Labute approximate surface area is 185 Å². The second-order valence-electron chi connectivity index (χ2n) is 7.29. The minimum atomic E-state index is -0.0374. The minimum Gasteiger partial charge on any atom is -0.379 e. The van der Waals surface area contributed by atoms with E-state index >= 15 is 0 Å². The lowest BCUT2D eigenvalue weighted by Crippen LogP contribution is -2.35. The molecule has 0 unspecified atom stereocenters. The maximum absolute atomic E-state index is 12.4. The Morgan fingerprint density at radius 3 is 2.77 bits per heavy atom. The van der Waals surface area contributed by atoms with Gasteiger partial charge in [0.25, 0.3) is 0 Å². The number of hydrogen-bond donors (Lipinski definition) is 1. The lowest BCUT2D eigenvalue weighted by molar-refractivity contribution is -0.120. The number of ether oxygens (including phenoxy) is 1. The first-order chi connectivity index (χ1) is 14.7. The summed E-state index contributed by atoms with van der Waals surface area (Å²) in [6.45, 7) is 4.94. The van der Waals surface area contributed by atoms with Crippen LogP contribution in [-0.2, 0) is 29.0 Å². The molecule has 1 aromatic heterocycles. The lowest BCUT2D eigenvalue weighted by Gasteiger charge is -2.26. The molecule has 0 radical (unpaired) electrons. The van der Waals surface area contributed by atoms with E-state index in [0.717, 1.165) is 54.7 Å². The molecule has 2 heterocycles. The van der Waals surface area contributed by atoms with E-state index in [-0.39, 0.29) is 12.3 Å². The largest absolute Gasteiger partial charge is 0.379 e. The standard InChI is InChI=1S/C23H24ClN3O2S/c24-21-7-2-1-6-20(21)23-26-19(16-30-23)13-22(28)25-14-17-4-3-5-18(12-17)15-27-8-10-29-11-9-27/h1-7,12,16H,8-11,13-15H2,(H,25,28). The van der Waals surface area contributed by atoms with Crippen LogP contribution >= 0.6 is 22.9 Å². The van der Waals surface area contributed by atoms with Gasteiger partial charge in [0.15, 0.2) is 0 Å². The number of thiazole rings is 1. The van der Waals surface area contributed by atoms with Crippen molar-refractivity contribution >= 4 is 28.8 Å². The molecule has 1 aliphatic heterocycles. The lowest BCUT2D eigenvalue weighted by atomic mass is 10.1. The summed E-state index contributed by atoms with van der Waals surface area (Å²) >= 11 is 7.75. The zero-order valence-corrected chi connectivity index (χ0v) is 18.2. The van der Waals surface area contributed by atoms with Gasteiger partial charge in [-0.3, -0.25) is 9.69 Å². The van der Waals surface area contributed by atoms with Crippen LogP contribution in [0.5, 0.6) is 0 Å². The number of benzene rings is 2. The zero-order valence-electron chi connectivity index (χ0n) is 16.6. The second kappa shape index (κ2) is 10.2.